The number of hydrogen-bond acceptors (Lipinski definition) is 3. The molecular formula is C25H19Cl2NO3. The average Bonchev–Trinajstić information content (AvgIpc) is 3.28. The molecule has 1 heterocycles. The third-order valence-electron chi connectivity index (χ3n) is 4.79. The summed E-state index contributed by atoms with van der Waals surface area (Å²) in [7, 11) is 1.55. The van der Waals surface area contributed by atoms with Gasteiger partial charge in [0, 0.05) is 32.9 Å². The Morgan fingerprint density at radius 2 is 1.65 bits per heavy atom. The van der Waals surface area contributed by atoms with Crippen molar-refractivity contribution in [2.24, 2.45) is 0 Å². The van der Waals surface area contributed by atoms with Crippen molar-refractivity contribution in [3.8, 4) is 22.8 Å². The highest BCUT2D eigenvalue weighted by Crippen LogP contribution is 2.29. The Morgan fingerprint density at radius 3 is 2.39 bits per heavy atom. The lowest BCUT2D eigenvalue weighted by molar-refractivity contribution is 0.103. The van der Waals surface area contributed by atoms with E-state index in [2.05, 4.69) is 4.98 Å². The van der Waals surface area contributed by atoms with E-state index >= 15 is 0 Å². The van der Waals surface area contributed by atoms with E-state index in [4.69, 9.17) is 32.7 Å². The van der Waals surface area contributed by atoms with E-state index in [0.717, 1.165) is 16.8 Å². The number of carbonyl (C=O) groups is 1. The molecule has 0 saturated carbocycles. The van der Waals surface area contributed by atoms with E-state index < -0.39 is 0 Å². The lowest BCUT2D eigenvalue weighted by Gasteiger charge is -2.10. The van der Waals surface area contributed by atoms with Gasteiger partial charge in [-0.15, -0.1) is 0 Å². The van der Waals surface area contributed by atoms with Crippen molar-refractivity contribution in [1.29, 1.82) is 0 Å². The summed E-state index contributed by atoms with van der Waals surface area (Å²) in [5.74, 6) is 0.902. The predicted molar refractivity (Wildman–Crippen MR) is 123 cm³/mol. The van der Waals surface area contributed by atoms with Gasteiger partial charge in [0.15, 0.2) is 0 Å². The molecule has 0 aliphatic carbocycles. The lowest BCUT2D eigenvalue weighted by Crippen LogP contribution is -2.04. The molecule has 0 aliphatic heterocycles. The summed E-state index contributed by atoms with van der Waals surface area (Å²) in [4.78, 5) is 16.3. The fourth-order valence-corrected chi connectivity index (χ4v) is 3.53. The second-order valence-corrected chi connectivity index (χ2v) is 7.75. The number of methoxy groups -OCH3 is 1. The average molecular weight is 452 g/mol. The molecule has 4 rings (SSSR count). The van der Waals surface area contributed by atoms with Gasteiger partial charge in [-0.25, -0.2) is 0 Å². The van der Waals surface area contributed by atoms with Gasteiger partial charge in [0.05, 0.1) is 12.8 Å². The van der Waals surface area contributed by atoms with Gasteiger partial charge < -0.3 is 14.5 Å². The van der Waals surface area contributed by atoms with Crippen LogP contribution in [-0.2, 0) is 6.61 Å². The zero-order valence-corrected chi connectivity index (χ0v) is 18.2. The van der Waals surface area contributed by atoms with Gasteiger partial charge in [-0.2, -0.15) is 0 Å². The molecule has 0 saturated heterocycles. The number of ketones is 1. The van der Waals surface area contributed by atoms with Crippen LogP contribution < -0.4 is 9.47 Å². The molecule has 4 nitrogen and oxygen atoms in total. The van der Waals surface area contributed by atoms with E-state index in [1.165, 1.54) is 0 Å². The molecule has 4 aromatic rings. The van der Waals surface area contributed by atoms with Crippen LogP contribution in [0.2, 0.25) is 10.0 Å². The van der Waals surface area contributed by atoms with Gasteiger partial charge >= 0.3 is 0 Å². The Labute approximate surface area is 190 Å². The van der Waals surface area contributed by atoms with E-state index in [9.17, 15) is 4.79 Å². The highest BCUT2D eigenvalue weighted by molar-refractivity contribution is 6.33. The zero-order chi connectivity index (χ0) is 21.8. The van der Waals surface area contributed by atoms with Crippen LogP contribution in [0.25, 0.3) is 11.3 Å². The smallest absolute Gasteiger partial charge is 0.209 e. The Balaban J connectivity index is 1.57. The Bertz CT molecular complexity index is 1220. The van der Waals surface area contributed by atoms with E-state index in [1.807, 2.05) is 54.6 Å². The maximum atomic E-state index is 13.1. The highest BCUT2D eigenvalue weighted by Gasteiger charge is 2.15. The summed E-state index contributed by atoms with van der Waals surface area (Å²) in [6.07, 6.45) is 0. The molecule has 0 atom stereocenters. The third kappa shape index (κ3) is 4.93. The number of aromatic amines is 1. The van der Waals surface area contributed by atoms with Crippen molar-refractivity contribution >= 4 is 29.0 Å². The van der Waals surface area contributed by atoms with Crippen LogP contribution in [0.4, 0.5) is 0 Å². The largest absolute Gasteiger partial charge is 0.497 e. The van der Waals surface area contributed by atoms with Gasteiger partial charge in [-0.05, 0) is 48.0 Å². The van der Waals surface area contributed by atoms with Crippen LogP contribution in [0.5, 0.6) is 11.5 Å². The molecular weight excluding hydrogens is 433 g/mol. The monoisotopic (exact) mass is 451 g/mol. The van der Waals surface area contributed by atoms with Crippen LogP contribution in [0.15, 0.2) is 78.9 Å². The fraction of sp³-hybridized carbons (Fsp3) is 0.0800. The minimum atomic E-state index is -0.173. The molecule has 0 amide bonds. The SMILES string of the molecule is COc1cc(OCc2ccc(Cl)cc2)cc(C(=O)c2ccc(-c3ccccc3Cl)[nH]2)c1. The third-order valence-corrected chi connectivity index (χ3v) is 5.37. The summed E-state index contributed by atoms with van der Waals surface area (Å²) < 4.78 is 11.3. The molecule has 0 unspecified atom stereocenters. The molecule has 31 heavy (non-hydrogen) atoms. The second-order valence-electron chi connectivity index (χ2n) is 6.91. The Kier molecular flexibility index (Phi) is 6.31. The number of carbonyl (C=O) groups excluding carboxylic acids is 1. The molecule has 1 aromatic heterocycles. The molecule has 0 bridgehead atoms. The predicted octanol–water partition coefficient (Wildman–Crippen LogP) is 6.81. The van der Waals surface area contributed by atoms with E-state index in [1.54, 1.807) is 31.4 Å². The van der Waals surface area contributed by atoms with Crippen molar-refractivity contribution in [2.45, 2.75) is 6.61 Å². The van der Waals surface area contributed by atoms with Gasteiger partial charge in [-0.3, -0.25) is 4.79 Å². The number of aromatic nitrogens is 1. The Morgan fingerprint density at radius 1 is 0.903 bits per heavy atom. The minimum absolute atomic E-state index is 0.173. The normalized spacial score (nSPS) is 10.7. The summed E-state index contributed by atoms with van der Waals surface area (Å²) in [5.41, 5.74) is 3.48. The first kappa shape index (κ1) is 21.0. The zero-order valence-electron chi connectivity index (χ0n) is 16.7. The number of ether oxygens (including phenoxy) is 2. The van der Waals surface area contributed by atoms with Crippen molar-refractivity contribution in [3.63, 3.8) is 0 Å². The second kappa shape index (κ2) is 9.29. The van der Waals surface area contributed by atoms with Crippen LogP contribution >= 0.6 is 23.2 Å². The number of hydrogen-bond donors (Lipinski definition) is 1. The molecule has 156 valence electrons. The lowest BCUT2D eigenvalue weighted by atomic mass is 10.1. The van der Waals surface area contributed by atoms with Crippen LogP contribution in [0, 0.1) is 0 Å². The topological polar surface area (TPSA) is 51.3 Å². The fourth-order valence-electron chi connectivity index (χ4n) is 3.17. The summed E-state index contributed by atoms with van der Waals surface area (Å²) in [5, 5.41) is 1.28. The first-order valence-electron chi connectivity index (χ1n) is 9.58. The molecule has 3 aromatic carbocycles. The number of H-pyrrole nitrogens is 1. The molecule has 0 aliphatic rings. The van der Waals surface area contributed by atoms with Gasteiger partial charge in [-0.1, -0.05) is 53.5 Å². The maximum absolute atomic E-state index is 13.1. The van der Waals surface area contributed by atoms with Crippen molar-refractivity contribution in [2.75, 3.05) is 7.11 Å². The molecule has 0 fully saturated rings. The standard InChI is InChI=1S/C25H19Cl2NO3/c1-30-19-12-17(13-20(14-19)31-15-16-6-8-18(26)9-7-16)25(29)24-11-10-23(28-24)21-4-2-3-5-22(21)27/h2-14,28H,15H2,1H3. The quantitative estimate of drug-likeness (QED) is 0.314. The number of benzene rings is 3. The van der Waals surface area contributed by atoms with Gasteiger partial charge in [0.25, 0.3) is 0 Å². The van der Waals surface area contributed by atoms with Gasteiger partial charge in [0.2, 0.25) is 5.78 Å². The molecule has 0 spiro atoms. The van der Waals surface area contributed by atoms with E-state index in [0.29, 0.717) is 39.4 Å². The number of nitrogens with one attached hydrogen (secondary N) is 1. The summed E-state index contributed by atoms with van der Waals surface area (Å²) in [6.45, 7) is 0.344. The van der Waals surface area contributed by atoms with Gasteiger partial charge in [0.1, 0.15) is 18.1 Å². The van der Waals surface area contributed by atoms with Crippen LogP contribution in [0.1, 0.15) is 21.6 Å². The van der Waals surface area contributed by atoms with Crippen LogP contribution in [0.3, 0.4) is 0 Å². The summed E-state index contributed by atoms with van der Waals surface area (Å²) >= 11 is 12.2. The number of rotatable bonds is 7. The van der Waals surface area contributed by atoms with Crippen molar-refractivity contribution in [3.05, 3.63) is 106 Å². The maximum Gasteiger partial charge on any atom is 0.209 e. The minimum Gasteiger partial charge on any atom is -0.497 e. The molecule has 6 heteroatoms. The van der Waals surface area contributed by atoms with Crippen molar-refractivity contribution in [1.82, 2.24) is 4.98 Å². The number of halogens is 2. The first-order valence-corrected chi connectivity index (χ1v) is 10.3. The first-order chi connectivity index (χ1) is 15.0. The van der Waals surface area contributed by atoms with Crippen molar-refractivity contribution < 1.29 is 14.3 Å². The highest BCUT2D eigenvalue weighted by atomic mass is 35.5. The molecule has 0 radical (unpaired) electrons. The summed E-state index contributed by atoms with van der Waals surface area (Å²) in [6, 6.07) is 23.6. The van der Waals surface area contributed by atoms with E-state index in [-0.39, 0.29) is 5.78 Å². The Hall–Kier alpha value is -3.21. The molecule has 1 N–H and O–H groups in total. The van der Waals surface area contributed by atoms with Crippen LogP contribution in [-0.4, -0.2) is 17.9 Å².